The van der Waals surface area contributed by atoms with Crippen LogP contribution >= 0.6 is 0 Å². The highest BCUT2D eigenvalue weighted by Crippen LogP contribution is 2.24. The first-order valence-electron chi connectivity index (χ1n) is 8.65. The van der Waals surface area contributed by atoms with Crippen molar-refractivity contribution in [2.24, 2.45) is 0 Å². The van der Waals surface area contributed by atoms with Gasteiger partial charge in [-0.05, 0) is 58.5 Å². The van der Waals surface area contributed by atoms with E-state index in [9.17, 15) is 0 Å². The number of fused-ring (bicyclic) bond motifs is 1. The van der Waals surface area contributed by atoms with E-state index in [1.54, 1.807) is 6.33 Å². The number of hydrogen-bond donors (Lipinski definition) is 1. The van der Waals surface area contributed by atoms with Crippen molar-refractivity contribution in [2.75, 3.05) is 25.0 Å². The maximum atomic E-state index is 4.51. The molecule has 1 saturated heterocycles. The van der Waals surface area contributed by atoms with Crippen LogP contribution in [-0.4, -0.2) is 40.5 Å². The lowest BCUT2D eigenvalue weighted by molar-refractivity contribution is 0.180. The summed E-state index contributed by atoms with van der Waals surface area (Å²) in [6, 6.07) is 0.585. The number of nitrogens with one attached hydrogen (secondary N) is 1. The molecule has 1 aliphatic heterocycles. The van der Waals surface area contributed by atoms with Gasteiger partial charge in [0, 0.05) is 23.8 Å². The minimum absolute atomic E-state index is 0.585. The molecule has 1 aromatic heterocycles. The summed E-state index contributed by atoms with van der Waals surface area (Å²) in [6.45, 7) is 5.83. The summed E-state index contributed by atoms with van der Waals surface area (Å²) in [5.74, 6) is 1.09. The lowest BCUT2D eigenvalue weighted by Crippen LogP contribution is -2.41. The molecule has 0 amide bonds. The van der Waals surface area contributed by atoms with Crippen LogP contribution in [0.4, 0.5) is 5.82 Å². The van der Waals surface area contributed by atoms with Crippen LogP contribution in [0.3, 0.4) is 0 Å². The molecule has 1 N–H and O–H groups in total. The summed E-state index contributed by atoms with van der Waals surface area (Å²) >= 11 is 0. The second kappa shape index (κ2) is 7.21. The Morgan fingerprint density at radius 3 is 2.67 bits per heavy atom. The summed E-state index contributed by atoms with van der Waals surface area (Å²) in [4.78, 5) is 11.6. The fourth-order valence-corrected chi connectivity index (χ4v) is 3.58. The molecule has 4 heteroatoms. The van der Waals surface area contributed by atoms with Gasteiger partial charge < -0.3 is 5.32 Å². The van der Waals surface area contributed by atoms with Crippen LogP contribution in [0.25, 0.3) is 0 Å². The van der Waals surface area contributed by atoms with Crippen molar-refractivity contribution in [3.63, 3.8) is 0 Å². The van der Waals surface area contributed by atoms with Gasteiger partial charge in [-0.25, -0.2) is 9.97 Å². The minimum atomic E-state index is 0.585. The molecular weight excluding hydrogens is 260 g/mol. The molecule has 1 aromatic rings. The van der Waals surface area contributed by atoms with Gasteiger partial charge in [0.15, 0.2) is 0 Å². The zero-order valence-corrected chi connectivity index (χ0v) is 13.3. The van der Waals surface area contributed by atoms with Crippen LogP contribution in [0, 0.1) is 0 Å². The third-order valence-electron chi connectivity index (χ3n) is 4.95. The van der Waals surface area contributed by atoms with Crippen molar-refractivity contribution in [1.82, 2.24) is 14.9 Å². The normalized spacial score (nSPS) is 21.4. The Morgan fingerprint density at radius 1 is 1.05 bits per heavy atom. The van der Waals surface area contributed by atoms with E-state index in [2.05, 4.69) is 27.1 Å². The quantitative estimate of drug-likeness (QED) is 0.865. The maximum Gasteiger partial charge on any atom is 0.132 e. The molecule has 0 spiro atoms. The van der Waals surface area contributed by atoms with Gasteiger partial charge in [-0.3, -0.25) is 4.90 Å². The molecule has 21 heavy (non-hydrogen) atoms. The molecule has 1 fully saturated rings. The maximum absolute atomic E-state index is 4.51. The van der Waals surface area contributed by atoms with Crippen LogP contribution in [0.2, 0.25) is 0 Å². The largest absolute Gasteiger partial charge is 0.368 e. The van der Waals surface area contributed by atoms with Crippen molar-refractivity contribution < 1.29 is 0 Å². The van der Waals surface area contributed by atoms with E-state index in [1.807, 2.05) is 0 Å². The SMILES string of the molecule is CC(CNc1ncnc2c1CCCCC2)N1CCCCC1. The average molecular weight is 288 g/mol. The number of hydrogen-bond acceptors (Lipinski definition) is 4. The van der Waals surface area contributed by atoms with Crippen molar-refractivity contribution in [3.8, 4) is 0 Å². The summed E-state index contributed by atoms with van der Waals surface area (Å²) in [7, 11) is 0. The molecule has 0 radical (unpaired) electrons. The number of aryl methyl sites for hydroxylation is 1. The van der Waals surface area contributed by atoms with Crippen molar-refractivity contribution in [2.45, 2.75) is 64.3 Å². The van der Waals surface area contributed by atoms with Crippen LogP contribution < -0.4 is 5.32 Å². The second-order valence-corrected chi connectivity index (χ2v) is 6.53. The van der Waals surface area contributed by atoms with Gasteiger partial charge in [-0.1, -0.05) is 12.8 Å². The predicted octanol–water partition coefficient (Wildman–Crippen LogP) is 3.03. The van der Waals surface area contributed by atoms with Crippen molar-refractivity contribution in [3.05, 3.63) is 17.6 Å². The van der Waals surface area contributed by atoms with Gasteiger partial charge in [0.25, 0.3) is 0 Å². The molecule has 0 aromatic carbocycles. The smallest absolute Gasteiger partial charge is 0.132 e. The van der Waals surface area contributed by atoms with Crippen LogP contribution in [0.1, 0.15) is 56.7 Å². The highest BCUT2D eigenvalue weighted by Gasteiger charge is 2.18. The van der Waals surface area contributed by atoms with Gasteiger partial charge in [0.1, 0.15) is 12.1 Å². The van der Waals surface area contributed by atoms with Gasteiger partial charge in [0.05, 0.1) is 0 Å². The summed E-state index contributed by atoms with van der Waals surface area (Å²) in [5, 5.41) is 3.60. The van der Waals surface area contributed by atoms with Crippen LogP contribution in [0.15, 0.2) is 6.33 Å². The lowest BCUT2D eigenvalue weighted by Gasteiger charge is -2.32. The lowest BCUT2D eigenvalue weighted by atomic mass is 10.1. The second-order valence-electron chi connectivity index (χ2n) is 6.53. The molecule has 3 rings (SSSR count). The molecular formula is C17H28N4. The molecule has 1 aliphatic carbocycles. The zero-order chi connectivity index (χ0) is 14.5. The van der Waals surface area contributed by atoms with Gasteiger partial charge in [-0.15, -0.1) is 0 Å². The molecule has 0 bridgehead atoms. The molecule has 0 saturated carbocycles. The van der Waals surface area contributed by atoms with E-state index in [0.29, 0.717) is 6.04 Å². The summed E-state index contributed by atoms with van der Waals surface area (Å²) in [5.41, 5.74) is 2.65. The first kappa shape index (κ1) is 14.8. The van der Waals surface area contributed by atoms with E-state index in [-0.39, 0.29) is 0 Å². The van der Waals surface area contributed by atoms with E-state index in [0.717, 1.165) is 25.2 Å². The Balaban J connectivity index is 1.62. The molecule has 4 nitrogen and oxygen atoms in total. The van der Waals surface area contributed by atoms with E-state index in [4.69, 9.17) is 0 Å². The van der Waals surface area contributed by atoms with E-state index >= 15 is 0 Å². The molecule has 1 unspecified atom stereocenters. The van der Waals surface area contributed by atoms with E-state index in [1.165, 1.54) is 62.9 Å². The molecule has 2 aliphatic rings. The first-order chi connectivity index (χ1) is 10.3. The Labute approximate surface area is 128 Å². The van der Waals surface area contributed by atoms with E-state index < -0.39 is 0 Å². The van der Waals surface area contributed by atoms with Gasteiger partial charge in [-0.2, -0.15) is 0 Å². The standard InChI is InChI=1S/C17H28N4/c1-14(21-10-6-3-7-11-21)12-18-17-15-8-4-2-5-9-16(15)19-13-20-17/h13-14H,2-12H2,1H3,(H,18,19,20). The number of anilines is 1. The Morgan fingerprint density at radius 2 is 1.81 bits per heavy atom. The highest BCUT2D eigenvalue weighted by molar-refractivity contribution is 5.46. The number of nitrogens with zero attached hydrogens (tertiary/aromatic N) is 3. The summed E-state index contributed by atoms with van der Waals surface area (Å²) < 4.78 is 0. The zero-order valence-electron chi connectivity index (χ0n) is 13.3. The highest BCUT2D eigenvalue weighted by atomic mass is 15.2. The first-order valence-corrected chi connectivity index (χ1v) is 8.65. The number of likely N-dealkylation sites (tertiary alicyclic amines) is 1. The van der Waals surface area contributed by atoms with Crippen molar-refractivity contribution in [1.29, 1.82) is 0 Å². The summed E-state index contributed by atoms with van der Waals surface area (Å²) in [6.07, 6.45) is 12.0. The topological polar surface area (TPSA) is 41.1 Å². The molecule has 116 valence electrons. The average Bonchev–Trinajstić information content (AvgIpc) is 2.79. The minimum Gasteiger partial charge on any atom is -0.368 e. The predicted molar refractivity (Wildman–Crippen MR) is 86.7 cm³/mol. The fraction of sp³-hybridized carbons (Fsp3) is 0.765. The van der Waals surface area contributed by atoms with Crippen molar-refractivity contribution >= 4 is 5.82 Å². The Bertz CT molecular complexity index is 454. The third kappa shape index (κ3) is 3.73. The van der Waals surface area contributed by atoms with Gasteiger partial charge >= 0.3 is 0 Å². The van der Waals surface area contributed by atoms with Gasteiger partial charge in [0.2, 0.25) is 0 Å². The molecule has 2 heterocycles. The number of rotatable bonds is 4. The monoisotopic (exact) mass is 288 g/mol. The Hall–Kier alpha value is -1.16. The Kier molecular flexibility index (Phi) is 5.07. The third-order valence-corrected chi connectivity index (χ3v) is 4.95. The number of piperidine rings is 1. The van der Waals surface area contributed by atoms with Crippen LogP contribution in [0.5, 0.6) is 0 Å². The molecule has 1 atom stereocenters. The van der Waals surface area contributed by atoms with Crippen LogP contribution in [-0.2, 0) is 12.8 Å². The fourth-order valence-electron chi connectivity index (χ4n) is 3.58. The number of aromatic nitrogens is 2.